The van der Waals surface area contributed by atoms with Crippen molar-refractivity contribution < 1.29 is 4.52 Å². The molecule has 0 aliphatic carbocycles. The van der Waals surface area contributed by atoms with Crippen LogP contribution >= 0.6 is 23.2 Å². The Morgan fingerprint density at radius 1 is 1.25 bits per heavy atom. The van der Waals surface area contributed by atoms with Crippen LogP contribution in [0.4, 0.5) is 0 Å². The number of hydrogen-bond acceptors (Lipinski definition) is 4. The standard InChI is InChI=1S/C14H17Cl2N3O/c1-8(2)5-12(17)14-18-13(19-20-14)7-9-3-4-10(15)11(16)6-9/h3-4,6,8,12H,5,7,17H2,1-2H3/t12-/m1/s1. The van der Waals surface area contributed by atoms with Crippen LogP contribution in [0.25, 0.3) is 0 Å². The topological polar surface area (TPSA) is 64.9 Å². The van der Waals surface area contributed by atoms with Crippen molar-refractivity contribution in [1.29, 1.82) is 0 Å². The van der Waals surface area contributed by atoms with Crippen LogP contribution in [0.2, 0.25) is 10.0 Å². The normalized spacial score (nSPS) is 12.9. The van der Waals surface area contributed by atoms with Gasteiger partial charge in [-0.05, 0) is 30.0 Å². The smallest absolute Gasteiger partial charge is 0.243 e. The Hall–Kier alpha value is -1.10. The van der Waals surface area contributed by atoms with E-state index in [-0.39, 0.29) is 6.04 Å². The van der Waals surface area contributed by atoms with Crippen molar-refractivity contribution in [2.75, 3.05) is 0 Å². The first-order valence-electron chi connectivity index (χ1n) is 6.47. The van der Waals surface area contributed by atoms with E-state index >= 15 is 0 Å². The maximum absolute atomic E-state index is 6.01. The van der Waals surface area contributed by atoms with E-state index in [2.05, 4.69) is 24.0 Å². The SMILES string of the molecule is CC(C)C[C@@H](N)c1nc(Cc2ccc(Cl)c(Cl)c2)no1. The van der Waals surface area contributed by atoms with Gasteiger partial charge in [0.1, 0.15) is 0 Å². The number of benzene rings is 1. The van der Waals surface area contributed by atoms with Gasteiger partial charge >= 0.3 is 0 Å². The Kier molecular flexibility index (Phi) is 5.02. The summed E-state index contributed by atoms with van der Waals surface area (Å²) in [7, 11) is 0. The highest BCUT2D eigenvalue weighted by Gasteiger charge is 2.16. The zero-order chi connectivity index (χ0) is 14.7. The van der Waals surface area contributed by atoms with Gasteiger partial charge < -0.3 is 10.3 Å². The molecule has 0 aliphatic heterocycles. The highest BCUT2D eigenvalue weighted by molar-refractivity contribution is 6.42. The number of rotatable bonds is 5. The Morgan fingerprint density at radius 3 is 2.65 bits per heavy atom. The monoisotopic (exact) mass is 313 g/mol. The lowest BCUT2D eigenvalue weighted by molar-refractivity contribution is 0.333. The summed E-state index contributed by atoms with van der Waals surface area (Å²) in [5.41, 5.74) is 6.99. The van der Waals surface area contributed by atoms with Gasteiger partial charge in [-0.15, -0.1) is 0 Å². The summed E-state index contributed by atoms with van der Waals surface area (Å²) in [5.74, 6) is 1.56. The lowest BCUT2D eigenvalue weighted by Crippen LogP contribution is -2.13. The van der Waals surface area contributed by atoms with Crippen LogP contribution in [-0.4, -0.2) is 10.1 Å². The van der Waals surface area contributed by atoms with Crippen LogP contribution in [0.3, 0.4) is 0 Å². The number of halogens is 2. The van der Waals surface area contributed by atoms with Gasteiger partial charge in [0.15, 0.2) is 5.82 Å². The third-order valence-corrected chi connectivity index (χ3v) is 3.61. The molecule has 2 rings (SSSR count). The first-order chi connectivity index (χ1) is 9.45. The highest BCUT2D eigenvalue weighted by atomic mass is 35.5. The molecule has 1 aromatic carbocycles. The third-order valence-electron chi connectivity index (χ3n) is 2.87. The second-order valence-electron chi connectivity index (χ2n) is 5.21. The van der Waals surface area contributed by atoms with Crippen molar-refractivity contribution in [3.05, 3.63) is 45.5 Å². The minimum Gasteiger partial charge on any atom is -0.338 e. The van der Waals surface area contributed by atoms with E-state index in [9.17, 15) is 0 Å². The zero-order valence-electron chi connectivity index (χ0n) is 11.4. The Morgan fingerprint density at radius 2 is 2.00 bits per heavy atom. The van der Waals surface area contributed by atoms with E-state index < -0.39 is 0 Å². The Balaban J connectivity index is 2.07. The average molecular weight is 314 g/mol. The molecule has 2 aromatic rings. The van der Waals surface area contributed by atoms with Gasteiger partial charge in [-0.3, -0.25) is 0 Å². The lowest BCUT2D eigenvalue weighted by Gasteiger charge is -2.08. The molecule has 20 heavy (non-hydrogen) atoms. The molecule has 1 heterocycles. The summed E-state index contributed by atoms with van der Waals surface area (Å²) in [6, 6.07) is 5.22. The second kappa shape index (κ2) is 6.57. The van der Waals surface area contributed by atoms with E-state index in [0.717, 1.165) is 12.0 Å². The van der Waals surface area contributed by atoms with E-state index in [1.165, 1.54) is 0 Å². The fourth-order valence-electron chi connectivity index (χ4n) is 1.93. The lowest BCUT2D eigenvalue weighted by atomic mass is 10.0. The largest absolute Gasteiger partial charge is 0.338 e. The van der Waals surface area contributed by atoms with Crippen LogP contribution in [0.15, 0.2) is 22.7 Å². The molecule has 108 valence electrons. The number of nitrogens with two attached hydrogens (primary N) is 1. The van der Waals surface area contributed by atoms with Gasteiger partial charge in [-0.1, -0.05) is 48.3 Å². The van der Waals surface area contributed by atoms with Gasteiger partial charge in [-0.2, -0.15) is 4.98 Å². The Labute approximate surface area is 128 Å². The fourth-order valence-corrected chi connectivity index (χ4v) is 2.25. The molecule has 0 aliphatic rings. The molecule has 4 nitrogen and oxygen atoms in total. The van der Waals surface area contributed by atoms with Crippen molar-refractivity contribution >= 4 is 23.2 Å². The predicted molar refractivity (Wildman–Crippen MR) is 79.9 cm³/mol. The van der Waals surface area contributed by atoms with E-state index in [1.54, 1.807) is 12.1 Å². The van der Waals surface area contributed by atoms with Crippen molar-refractivity contribution in [1.82, 2.24) is 10.1 Å². The fraction of sp³-hybridized carbons (Fsp3) is 0.429. The number of nitrogens with zero attached hydrogens (tertiary/aromatic N) is 2. The van der Waals surface area contributed by atoms with Gasteiger partial charge in [0, 0.05) is 6.42 Å². The molecule has 0 unspecified atom stereocenters. The average Bonchev–Trinajstić information content (AvgIpc) is 2.82. The molecule has 0 spiro atoms. The summed E-state index contributed by atoms with van der Waals surface area (Å²) in [6.45, 7) is 4.21. The van der Waals surface area contributed by atoms with Crippen molar-refractivity contribution in [2.45, 2.75) is 32.7 Å². The van der Waals surface area contributed by atoms with Crippen LogP contribution in [0.5, 0.6) is 0 Å². The number of aromatic nitrogens is 2. The minimum atomic E-state index is -0.218. The first kappa shape index (κ1) is 15.3. The summed E-state index contributed by atoms with van der Waals surface area (Å²) >= 11 is 11.9. The summed E-state index contributed by atoms with van der Waals surface area (Å²) in [6.07, 6.45) is 1.35. The van der Waals surface area contributed by atoms with E-state index in [1.807, 2.05) is 6.07 Å². The second-order valence-corrected chi connectivity index (χ2v) is 6.02. The van der Waals surface area contributed by atoms with Crippen LogP contribution in [-0.2, 0) is 6.42 Å². The molecule has 6 heteroatoms. The van der Waals surface area contributed by atoms with Crippen molar-refractivity contribution in [2.24, 2.45) is 11.7 Å². The number of hydrogen-bond donors (Lipinski definition) is 1. The minimum absolute atomic E-state index is 0.218. The van der Waals surface area contributed by atoms with Gasteiger partial charge in [-0.25, -0.2) is 0 Å². The molecular formula is C14H17Cl2N3O. The van der Waals surface area contributed by atoms with Gasteiger partial charge in [0.2, 0.25) is 5.89 Å². The maximum Gasteiger partial charge on any atom is 0.243 e. The van der Waals surface area contributed by atoms with Gasteiger partial charge in [0.05, 0.1) is 16.1 Å². The van der Waals surface area contributed by atoms with Crippen molar-refractivity contribution in [3.8, 4) is 0 Å². The third kappa shape index (κ3) is 3.95. The van der Waals surface area contributed by atoms with Gasteiger partial charge in [0.25, 0.3) is 0 Å². The molecule has 0 saturated heterocycles. The summed E-state index contributed by atoms with van der Waals surface area (Å²) < 4.78 is 5.21. The molecule has 0 radical (unpaired) electrons. The molecule has 2 N–H and O–H groups in total. The van der Waals surface area contributed by atoms with Crippen molar-refractivity contribution in [3.63, 3.8) is 0 Å². The first-order valence-corrected chi connectivity index (χ1v) is 7.23. The van der Waals surface area contributed by atoms with E-state index in [0.29, 0.717) is 34.1 Å². The zero-order valence-corrected chi connectivity index (χ0v) is 12.9. The van der Waals surface area contributed by atoms with Crippen LogP contribution in [0.1, 0.15) is 43.6 Å². The van der Waals surface area contributed by atoms with Crippen LogP contribution in [0, 0.1) is 5.92 Å². The van der Waals surface area contributed by atoms with Crippen LogP contribution < -0.4 is 5.73 Å². The summed E-state index contributed by atoms with van der Waals surface area (Å²) in [5, 5.41) is 5.00. The Bertz CT molecular complexity index is 584. The quantitative estimate of drug-likeness (QED) is 0.905. The maximum atomic E-state index is 6.01. The summed E-state index contributed by atoms with van der Waals surface area (Å²) in [4.78, 5) is 4.33. The predicted octanol–water partition coefficient (Wildman–Crippen LogP) is 4.01. The molecule has 1 atom stereocenters. The molecule has 0 fully saturated rings. The molecular weight excluding hydrogens is 297 g/mol. The highest BCUT2D eigenvalue weighted by Crippen LogP contribution is 2.24. The molecule has 1 aromatic heterocycles. The molecule has 0 bridgehead atoms. The molecule has 0 saturated carbocycles. The molecule has 0 amide bonds. The van der Waals surface area contributed by atoms with E-state index in [4.69, 9.17) is 33.5 Å².